The molecule has 0 spiro atoms. The zero-order valence-corrected chi connectivity index (χ0v) is 15.4. The highest BCUT2D eigenvalue weighted by Crippen LogP contribution is 2.24. The highest BCUT2D eigenvalue weighted by atomic mass is 35.5. The fraction of sp³-hybridized carbons (Fsp3) is 0.211. The maximum absolute atomic E-state index is 12.5. The van der Waals surface area contributed by atoms with Crippen molar-refractivity contribution in [2.45, 2.75) is 26.3 Å². The SMILES string of the molecule is [2H]C([2H])([2H])[C@@]([2H])(Cn1ccc(-c2ccc(C#N)c(Cl)c2)n1)NC(=O)c1cc(C(C)=O)n[nH]1. The summed E-state index contributed by atoms with van der Waals surface area (Å²) in [7, 11) is 0. The van der Waals surface area contributed by atoms with Crippen molar-refractivity contribution in [2.24, 2.45) is 0 Å². The van der Waals surface area contributed by atoms with Gasteiger partial charge in [0.1, 0.15) is 17.5 Å². The summed E-state index contributed by atoms with van der Waals surface area (Å²) in [6.07, 6.45) is 1.46. The fourth-order valence-corrected chi connectivity index (χ4v) is 2.62. The zero-order chi connectivity index (χ0) is 23.7. The summed E-state index contributed by atoms with van der Waals surface area (Å²) in [5, 5.41) is 21.7. The summed E-state index contributed by atoms with van der Waals surface area (Å²) in [6.45, 7) is -2.13. The number of carbonyl (C=O) groups is 2. The van der Waals surface area contributed by atoms with Gasteiger partial charge < -0.3 is 5.32 Å². The van der Waals surface area contributed by atoms with Crippen molar-refractivity contribution in [1.29, 1.82) is 5.26 Å². The van der Waals surface area contributed by atoms with Crippen LogP contribution in [0.1, 0.15) is 45.8 Å². The second-order valence-corrected chi connectivity index (χ2v) is 6.27. The number of hydrogen-bond donors (Lipinski definition) is 2. The molecule has 0 fully saturated rings. The average molecular weight is 401 g/mol. The van der Waals surface area contributed by atoms with Gasteiger partial charge in [-0.1, -0.05) is 17.7 Å². The van der Waals surface area contributed by atoms with Crippen molar-refractivity contribution in [2.75, 3.05) is 0 Å². The number of carbonyl (C=O) groups excluding carboxylic acids is 2. The molecule has 8 nitrogen and oxygen atoms in total. The van der Waals surface area contributed by atoms with Crippen LogP contribution in [0.15, 0.2) is 36.5 Å². The Morgan fingerprint density at radius 2 is 2.29 bits per heavy atom. The second-order valence-electron chi connectivity index (χ2n) is 5.86. The van der Waals surface area contributed by atoms with Gasteiger partial charge in [0.2, 0.25) is 0 Å². The Kier molecular flexibility index (Phi) is 4.20. The Morgan fingerprint density at radius 3 is 2.93 bits per heavy atom. The molecule has 0 radical (unpaired) electrons. The van der Waals surface area contributed by atoms with E-state index in [-0.39, 0.29) is 22.2 Å². The van der Waals surface area contributed by atoms with Gasteiger partial charge in [-0.15, -0.1) is 0 Å². The van der Waals surface area contributed by atoms with Crippen LogP contribution in [0.2, 0.25) is 5.02 Å². The Morgan fingerprint density at radius 1 is 1.46 bits per heavy atom. The summed E-state index contributed by atoms with van der Waals surface area (Å²) in [4.78, 5) is 23.9. The topological polar surface area (TPSA) is 116 Å². The first-order valence-electron chi connectivity index (χ1n) is 10.1. The van der Waals surface area contributed by atoms with Crippen molar-refractivity contribution in [3.05, 3.63) is 58.5 Å². The minimum Gasteiger partial charge on any atom is -0.346 e. The van der Waals surface area contributed by atoms with E-state index in [1.54, 1.807) is 18.2 Å². The molecule has 0 aliphatic carbocycles. The number of Topliss-reactive ketones (excluding diaryl/α,β-unsaturated/α-hetero) is 1. The minimum absolute atomic E-state index is 0.0115. The highest BCUT2D eigenvalue weighted by molar-refractivity contribution is 6.32. The van der Waals surface area contributed by atoms with E-state index in [9.17, 15) is 9.59 Å². The van der Waals surface area contributed by atoms with Gasteiger partial charge >= 0.3 is 0 Å². The molecule has 142 valence electrons. The third-order valence-electron chi connectivity index (χ3n) is 3.79. The molecule has 0 bridgehead atoms. The molecule has 0 unspecified atom stereocenters. The molecule has 1 aromatic carbocycles. The van der Waals surface area contributed by atoms with E-state index >= 15 is 0 Å². The number of nitrogens with one attached hydrogen (secondary N) is 2. The van der Waals surface area contributed by atoms with Crippen LogP contribution in [-0.2, 0) is 6.54 Å². The first kappa shape index (κ1) is 14.6. The molecule has 0 aliphatic rings. The molecule has 0 aliphatic heterocycles. The van der Waals surface area contributed by atoms with Gasteiger partial charge in [0.05, 0.1) is 24.2 Å². The number of aromatic amines is 1. The van der Waals surface area contributed by atoms with E-state index in [4.69, 9.17) is 22.3 Å². The zero-order valence-electron chi connectivity index (χ0n) is 18.7. The van der Waals surface area contributed by atoms with Crippen molar-refractivity contribution in [1.82, 2.24) is 25.3 Å². The van der Waals surface area contributed by atoms with E-state index in [1.807, 2.05) is 6.07 Å². The molecular formula is C19H17ClN6O2. The molecular weight excluding hydrogens is 380 g/mol. The van der Waals surface area contributed by atoms with E-state index in [2.05, 4.69) is 20.6 Å². The lowest BCUT2D eigenvalue weighted by molar-refractivity contribution is 0.0930. The number of aromatic nitrogens is 4. The predicted octanol–water partition coefficient (Wildman–Crippen LogP) is 2.82. The third-order valence-corrected chi connectivity index (χ3v) is 4.11. The summed E-state index contributed by atoms with van der Waals surface area (Å²) < 4.78 is 33.0. The van der Waals surface area contributed by atoms with Gasteiger partial charge in [-0.25, -0.2) is 0 Å². The van der Waals surface area contributed by atoms with Crippen LogP contribution >= 0.6 is 11.6 Å². The Bertz CT molecular complexity index is 1230. The van der Waals surface area contributed by atoms with Gasteiger partial charge in [-0.3, -0.25) is 19.4 Å². The number of amides is 1. The normalized spacial score (nSPS) is 15.3. The maximum Gasteiger partial charge on any atom is 0.269 e. The number of hydrogen-bond acceptors (Lipinski definition) is 5. The molecule has 3 aromatic rings. The summed E-state index contributed by atoms with van der Waals surface area (Å²) in [5.74, 6) is -1.28. The summed E-state index contributed by atoms with van der Waals surface area (Å²) in [5.41, 5.74) is 1.20. The molecule has 0 saturated heterocycles. The van der Waals surface area contributed by atoms with Crippen LogP contribution in [0.3, 0.4) is 0 Å². The highest BCUT2D eigenvalue weighted by Gasteiger charge is 2.15. The van der Waals surface area contributed by atoms with E-state index in [1.165, 1.54) is 29.9 Å². The smallest absolute Gasteiger partial charge is 0.269 e. The lowest BCUT2D eigenvalue weighted by Crippen LogP contribution is -2.36. The maximum atomic E-state index is 12.5. The lowest BCUT2D eigenvalue weighted by atomic mass is 10.1. The molecule has 1 amide bonds. The lowest BCUT2D eigenvalue weighted by Gasteiger charge is -2.13. The quantitative estimate of drug-likeness (QED) is 0.617. The van der Waals surface area contributed by atoms with Crippen molar-refractivity contribution in [3.8, 4) is 17.3 Å². The molecule has 3 rings (SSSR count). The van der Waals surface area contributed by atoms with Crippen LogP contribution in [0.5, 0.6) is 0 Å². The predicted molar refractivity (Wildman–Crippen MR) is 103 cm³/mol. The van der Waals surface area contributed by atoms with Crippen molar-refractivity contribution < 1.29 is 15.1 Å². The number of rotatable bonds is 6. The van der Waals surface area contributed by atoms with Crippen LogP contribution < -0.4 is 5.32 Å². The van der Waals surface area contributed by atoms with Crippen LogP contribution in [0.4, 0.5) is 0 Å². The number of halogens is 1. The Labute approximate surface area is 171 Å². The standard InChI is InChI=1S/C19H17ClN6O2/c1-11(22-19(28)18-8-17(12(2)27)23-24-18)10-26-6-5-16(25-26)13-3-4-14(9-21)15(20)7-13/h3-8,11H,10H2,1-2H3,(H,22,28)(H,23,24)/t11-/m0/s1/i1D3,11D. The van der Waals surface area contributed by atoms with Crippen molar-refractivity contribution in [3.63, 3.8) is 0 Å². The van der Waals surface area contributed by atoms with E-state index in [0.29, 0.717) is 16.8 Å². The van der Waals surface area contributed by atoms with Crippen LogP contribution in [0, 0.1) is 11.3 Å². The number of nitriles is 1. The van der Waals surface area contributed by atoms with Gasteiger partial charge in [0, 0.05) is 28.8 Å². The van der Waals surface area contributed by atoms with Crippen molar-refractivity contribution >= 4 is 23.3 Å². The molecule has 2 heterocycles. The van der Waals surface area contributed by atoms with Gasteiger partial charge in [-0.05, 0) is 31.1 Å². The Hall–Kier alpha value is -3.44. The van der Waals surface area contributed by atoms with E-state index in [0.717, 1.165) is 0 Å². The van der Waals surface area contributed by atoms with E-state index < -0.39 is 25.3 Å². The summed E-state index contributed by atoms with van der Waals surface area (Å²) in [6, 6.07) is 7.02. The molecule has 9 heteroatoms. The van der Waals surface area contributed by atoms with Crippen LogP contribution in [-0.4, -0.2) is 37.7 Å². The number of benzene rings is 1. The average Bonchev–Trinajstić information content (AvgIpc) is 3.37. The summed E-state index contributed by atoms with van der Waals surface area (Å²) >= 11 is 6.05. The number of H-pyrrole nitrogens is 1. The first-order valence-corrected chi connectivity index (χ1v) is 8.43. The third kappa shape index (κ3) is 4.27. The largest absolute Gasteiger partial charge is 0.346 e. The molecule has 2 aromatic heterocycles. The Balaban J connectivity index is 1.84. The molecule has 28 heavy (non-hydrogen) atoms. The van der Waals surface area contributed by atoms with Gasteiger partial charge in [-0.2, -0.15) is 15.5 Å². The first-order chi connectivity index (χ1) is 14.9. The fourth-order valence-electron chi connectivity index (χ4n) is 2.39. The number of nitrogens with zero attached hydrogens (tertiary/aromatic N) is 4. The minimum atomic E-state index is -2.91. The number of ketones is 1. The van der Waals surface area contributed by atoms with Gasteiger partial charge in [0.25, 0.3) is 5.91 Å². The molecule has 2 N–H and O–H groups in total. The molecule has 0 saturated carbocycles. The second kappa shape index (κ2) is 8.06. The van der Waals surface area contributed by atoms with Crippen LogP contribution in [0.25, 0.3) is 11.3 Å². The molecule has 1 atom stereocenters. The van der Waals surface area contributed by atoms with Gasteiger partial charge in [0.15, 0.2) is 5.78 Å². The monoisotopic (exact) mass is 400 g/mol.